The van der Waals surface area contributed by atoms with Gasteiger partial charge in [0.2, 0.25) is 0 Å². The Bertz CT molecular complexity index is 594. The molecule has 0 spiro atoms. The summed E-state index contributed by atoms with van der Waals surface area (Å²) in [7, 11) is 3.84. The Balaban J connectivity index is 1.82. The maximum atomic E-state index is 11.7. The molecule has 6 nitrogen and oxygen atoms in total. The van der Waals surface area contributed by atoms with Gasteiger partial charge in [0.25, 0.3) is 5.91 Å². The van der Waals surface area contributed by atoms with E-state index in [-0.39, 0.29) is 5.91 Å². The van der Waals surface area contributed by atoms with E-state index in [0.717, 1.165) is 37.6 Å². The number of amides is 1. The van der Waals surface area contributed by atoms with Gasteiger partial charge in [0.1, 0.15) is 0 Å². The van der Waals surface area contributed by atoms with Gasteiger partial charge in [0.05, 0.1) is 0 Å². The van der Waals surface area contributed by atoms with Crippen molar-refractivity contribution in [3.8, 4) is 0 Å². The van der Waals surface area contributed by atoms with E-state index in [0.29, 0.717) is 11.5 Å². The molecular formula is C20H33N5O. The van der Waals surface area contributed by atoms with Crippen molar-refractivity contribution < 1.29 is 4.79 Å². The van der Waals surface area contributed by atoms with Crippen molar-refractivity contribution in [2.75, 3.05) is 46.8 Å². The molecule has 0 unspecified atom stereocenters. The number of hydrogen-bond donors (Lipinski definition) is 3. The zero-order valence-electron chi connectivity index (χ0n) is 16.3. The number of nitrogens with one attached hydrogen (secondary N) is 3. The molecule has 0 aromatic heterocycles. The lowest BCUT2D eigenvalue weighted by molar-refractivity contribution is 0.0963. The molecule has 1 aromatic carbocycles. The zero-order valence-corrected chi connectivity index (χ0v) is 16.3. The summed E-state index contributed by atoms with van der Waals surface area (Å²) in [5, 5.41) is 9.39. The SMILES string of the molecule is CCNC(=NCC1CCN(C)CC1)NCCc1cccc(C(=O)NC)c1. The molecule has 1 heterocycles. The molecule has 0 saturated carbocycles. The van der Waals surface area contributed by atoms with E-state index in [1.807, 2.05) is 18.2 Å². The number of hydrogen-bond acceptors (Lipinski definition) is 3. The summed E-state index contributed by atoms with van der Waals surface area (Å²) in [6, 6.07) is 7.77. The highest BCUT2D eigenvalue weighted by Crippen LogP contribution is 2.15. The lowest BCUT2D eigenvalue weighted by Crippen LogP contribution is -2.39. The van der Waals surface area contributed by atoms with Gasteiger partial charge in [-0.15, -0.1) is 0 Å². The summed E-state index contributed by atoms with van der Waals surface area (Å²) < 4.78 is 0. The van der Waals surface area contributed by atoms with Crippen LogP contribution in [0.15, 0.2) is 29.3 Å². The minimum Gasteiger partial charge on any atom is -0.357 e. The molecule has 0 atom stereocenters. The zero-order chi connectivity index (χ0) is 18.8. The molecule has 26 heavy (non-hydrogen) atoms. The summed E-state index contributed by atoms with van der Waals surface area (Å²) in [5.74, 6) is 1.52. The molecule has 3 N–H and O–H groups in total. The van der Waals surface area contributed by atoms with Crippen molar-refractivity contribution in [2.24, 2.45) is 10.9 Å². The second kappa shape index (κ2) is 10.8. The van der Waals surface area contributed by atoms with Gasteiger partial charge in [-0.1, -0.05) is 12.1 Å². The topological polar surface area (TPSA) is 68.8 Å². The van der Waals surface area contributed by atoms with E-state index in [1.165, 1.54) is 25.9 Å². The molecule has 144 valence electrons. The van der Waals surface area contributed by atoms with Crippen LogP contribution >= 0.6 is 0 Å². The van der Waals surface area contributed by atoms with Crippen LogP contribution in [0.2, 0.25) is 0 Å². The summed E-state index contributed by atoms with van der Waals surface area (Å²) in [5.41, 5.74) is 1.85. The standard InChI is InChI=1S/C20H33N5O/c1-4-22-20(24-15-17-9-12-25(3)13-10-17)23-11-8-16-6-5-7-18(14-16)19(26)21-2/h5-7,14,17H,4,8-13,15H2,1-3H3,(H,21,26)(H2,22,23,24). The monoisotopic (exact) mass is 359 g/mol. The number of carbonyl (C=O) groups is 1. The first-order chi connectivity index (χ1) is 12.6. The number of likely N-dealkylation sites (tertiary alicyclic amines) is 1. The number of rotatable bonds is 7. The Morgan fingerprint density at radius 3 is 2.73 bits per heavy atom. The average molecular weight is 360 g/mol. The van der Waals surface area contributed by atoms with Gasteiger partial charge in [0, 0.05) is 32.2 Å². The molecular weight excluding hydrogens is 326 g/mol. The molecule has 1 aliphatic heterocycles. The van der Waals surface area contributed by atoms with Crippen molar-refractivity contribution in [1.29, 1.82) is 0 Å². The maximum absolute atomic E-state index is 11.7. The fourth-order valence-electron chi connectivity index (χ4n) is 3.14. The van der Waals surface area contributed by atoms with Crippen molar-refractivity contribution in [1.82, 2.24) is 20.9 Å². The quantitative estimate of drug-likeness (QED) is 0.510. The van der Waals surface area contributed by atoms with E-state index in [9.17, 15) is 4.79 Å². The van der Waals surface area contributed by atoms with Crippen LogP contribution in [0, 0.1) is 5.92 Å². The van der Waals surface area contributed by atoms with Crippen LogP contribution in [0.1, 0.15) is 35.7 Å². The molecule has 1 aromatic rings. The number of piperidine rings is 1. The van der Waals surface area contributed by atoms with Gasteiger partial charge < -0.3 is 20.9 Å². The minimum atomic E-state index is -0.0483. The van der Waals surface area contributed by atoms with E-state index in [2.05, 4.69) is 40.9 Å². The lowest BCUT2D eigenvalue weighted by atomic mass is 9.97. The third kappa shape index (κ3) is 6.67. The second-order valence-corrected chi connectivity index (χ2v) is 6.92. The Kier molecular flexibility index (Phi) is 8.41. The van der Waals surface area contributed by atoms with Crippen LogP contribution in [0.3, 0.4) is 0 Å². The average Bonchev–Trinajstić information content (AvgIpc) is 2.67. The van der Waals surface area contributed by atoms with Crippen molar-refractivity contribution >= 4 is 11.9 Å². The van der Waals surface area contributed by atoms with Crippen molar-refractivity contribution in [2.45, 2.75) is 26.2 Å². The first kappa shape index (κ1) is 20.2. The fraction of sp³-hybridized carbons (Fsp3) is 0.600. The van der Waals surface area contributed by atoms with E-state index in [4.69, 9.17) is 4.99 Å². The molecule has 1 fully saturated rings. The smallest absolute Gasteiger partial charge is 0.251 e. The van der Waals surface area contributed by atoms with Crippen LogP contribution < -0.4 is 16.0 Å². The van der Waals surface area contributed by atoms with Crippen LogP contribution in [-0.4, -0.2) is 63.6 Å². The van der Waals surface area contributed by atoms with Gasteiger partial charge in [-0.2, -0.15) is 0 Å². The molecule has 0 radical (unpaired) electrons. The highest BCUT2D eigenvalue weighted by Gasteiger charge is 2.16. The predicted molar refractivity (Wildman–Crippen MR) is 108 cm³/mol. The Morgan fingerprint density at radius 1 is 1.27 bits per heavy atom. The Morgan fingerprint density at radius 2 is 2.04 bits per heavy atom. The number of guanidine groups is 1. The predicted octanol–water partition coefficient (Wildman–Crippen LogP) is 1.49. The van der Waals surface area contributed by atoms with Gasteiger partial charge in [-0.3, -0.25) is 9.79 Å². The van der Waals surface area contributed by atoms with Gasteiger partial charge >= 0.3 is 0 Å². The molecule has 0 aliphatic carbocycles. The third-order valence-corrected chi connectivity index (χ3v) is 4.81. The first-order valence-electron chi connectivity index (χ1n) is 9.64. The van der Waals surface area contributed by atoms with Gasteiger partial charge in [-0.25, -0.2) is 0 Å². The molecule has 1 saturated heterocycles. The first-order valence-corrected chi connectivity index (χ1v) is 9.64. The Labute approximate surface area is 157 Å². The number of carbonyl (C=O) groups excluding carboxylic acids is 1. The Hall–Kier alpha value is -2.08. The van der Waals surface area contributed by atoms with Gasteiger partial charge in [-0.05, 0) is 69.9 Å². The number of aliphatic imine (C=N–C) groups is 1. The fourth-order valence-corrected chi connectivity index (χ4v) is 3.14. The molecule has 1 amide bonds. The molecule has 1 aliphatic rings. The van der Waals surface area contributed by atoms with E-state index < -0.39 is 0 Å². The number of nitrogens with zero attached hydrogens (tertiary/aromatic N) is 2. The van der Waals surface area contributed by atoms with Crippen molar-refractivity contribution in [3.63, 3.8) is 0 Å². The molecule has 6 heteroatoms. The summed E-state index contributed by atoms with van der Waals surface area (Å²) in [4.78, 5) is 18.9. The summed E-state index contributed by atoms with van der Waals surface area (Å²) in [6.45, 7) is 6.95. The summed E-state index contributed by atoms with van der Waals surface area (Å²) >= 11 is 0. The van der Waals surface area contributed by atoms with Gasteiger partial charge in [0.15, 0.2) is 5.96 Å². The highest BCUT2D eigenvalue weighted by molar-refractivity contribution is 5.94. The normalized spacial score (nSPS) is 16.3. The number of benzene rings is 1. The van der Waals surface area contributed by atoms with E-state index >= 15 is 0 Å². The molecule has 0 bridgehead atoms. The van der Waals surface area contributed by atoms with Crippen LogP contribution in [0.4, 0.5) is 0 Å². The van der Waals surface area contributed by atoms with E-state index in [1.54, 1.807) is 7.05 Å². The highest BCUT2D eigenvalue weighted by atomic mass is 16.1. The minimum absolute atomic E-state index is 0.0483. The molecule has 2 rings (SSSR count). The third-order valence-electron chi connectivity index (χ3n) is 4.81. The maximum Gasteiger partial charge on any atom is 0.251 e. The van der Waals surface area contributed by atoms with Crippen LogP contribution in [-0.2, 0) is 6.42 Å². The van der Waals surface area contributed by atoms with Crippen molar-refractivity contribution in [3.05, 3.63) is 35.4 Å². The van der Waals surface area contributed by atoms with Crippen LogP contribution in [0.25, 0.3) is 0 Å². The van der Waals surface area contributed by atoms with Crippen LogP contribution in [0.5, 0.6) is 0 Å². The summed E-state index contributed by atoms with van der Waals surface area (Å²) in [6.07, 6.45) is 3.31. The largest absolute Gasteiger partial charge is 0.357 e. The second-order valence-electron chi connectivity index (χ2n) is 6.92. The lowest BCUT2D eigenvalue weighted by Gasteiger charge is -2.28.